The fourth-order valence-electron chi connectivity index (χ4n) is 1.60. The molecule has 0 amide bonds. The zero-order valence-electron chi connectivity index (χ0n) is 6.60. The van der Waals surface area contributed by atoms with Crippen LogP contribution in [-0.2, 0) is 6.42 Å². The van der Waals surface area contributed by atoms with Gasteiger partial charge in [0.25, 0.3) is 0 Å². The van der Waals surface area contributed by atoms with Crippen LogP contribution in [0.15, 0.2) is 24.3 Å². The highest BCUT2D eigenvalue weighted by Gasteiger charge is 2.26. The van der Waals surface area contributed by atoms with Gasteiger partial charge in [0, 0.05) is 6.04 Å². The van der Waals surface area contributed by atoms with E-state index in [1.165, 1.54) is 5.56 Å². The van der Waals surface area contributed by atoms with Crippen molar-refractivity contribution in [2.24, 2.45) is 5.73 Å². The summed E-state index contributed by atoms with van der Waals surface area (Å²) in [6.45, 7) is 0. The third kappa shape index (κ3) is 1.33. The smallest absolute Gasteiger partial charge is 0.0946 e. The number of hydrogen-bond donors (Lipinski definition) is 2. The van der Waals surface area contributed by atoms with Gasteiger partial charge in [-0.1, -0.05) is 24.3 Å². The molecular weight excluding hydrogens is 174 g/mol. The molecule has 0 spiro atoms. The van der Waals surface area contributed by atoms with Gasteiger partial charge in [-0.15, -0.1) is 12.4 Å². The van der Waals surface area contributed by atoms with Crippen LogP contribution >= 0.6 is 12.4 Å². The highest BCUT2D eigenvalue weighted by atomic mass is 35.5. The molecule has 0 saturated carbocycles. The Balaban J connectivity index is 0.000000720. The molecule has 1 aliphatic carbocycles. The van der Waals surface area contributed by atoms with Crippen LogP contribution in [-0.4, -0.2) is 11.1 Å². The van der Waals surface area contributed by atoms with Crippen LogP contribution in [0.25, 0.3) is 0 Å². The number of aliphatic hydroxyl groups excluding tert-OH is 1. The summed E-state index contributed by atoms with van der Waals surface area (Å²) in [5.74, 6) is 0. The maximum atomic E-state index is 9.52. The molecule has 66 valence electrons. The van der Waals surface area contributed by atoms with Crippen LogP contribution in [0.2, 0.25) is 0 Å². The van der Waals surface area contributed by atoms with Crippen LogP contribution < -0.4 is 5.73 Å². The number of fused-ring (bicyclic) bond motifs is 1. The minimum Gasteiger partial charge on any atom is -0.387 e. The Bertz CT molecular complexity index is 277. The van der Waals surface area contributed by atoms with E-state index in [-0.39, 0.29) is 18.4 Å². The van der Waals surface area contributed by atoms with Gasteiger partial charge >= 0.3 is 0 Å². The van der Waals surface area contributed by atoms with Crippen molar-refractivity contribution in [2.75, 3.05) is 0 Å². The molecule has 3 N–H and O–H groups in total. The van der Waals surface area contributed by atoms with Gasteiger partial charge in [0.05, 0.1) is 6.10 Å². The Morgan fingerprint density at radius 2 is 2.00 bits per heavy atom. The van der Waals surface area contributed by atoms with Crippen LogP contribution in [0.1, 0.15) is 17.2 Å². The first-order valence-electron chi connectivity index (χ1n) is 3.80. The summed E-state index contributed by atoms with van der Waals surface area (Å²) in [7, 11) is 0. The normalized spacial score (nSPS) is 26.2. The minimum atomic E-state index is -0.453. The summed E-state index contributed by atoms with van der Waals surface area (Å²) in [5, 5.41) is 9.52. The molecule has 2 nitrogen and oxygen atoms in total. The molecule has 1 aromatic rings. The van der Waals surface area contributed by atoms with E-state index in [4.69, 9.17) is 5.73 Å². The summed E-state index contributed by atoms with van der Waals surface area (Å²) >= 11 is 0. The number of hydrogen-bond acceptors (Lipinski definition) is 2. The van der Waals surface area contributed by atoms with Crippen LogP contribution in [0, 0.1) is 0 Å². The number of halogens is 1. The number of nitrogens with two attached hydrogens (primary N) is 1. The Morgan fingerprint density at radius 3 is 2.67 bits per heavy atom. The molecule has 12 heavy (non-hydrogen) atoms. The van der Waals surface area contributed by atoms with Gasteiger partial charge in [0.15, 0.2) is 0 Å². The molecule has 1 aromatic carbocycles. The second kappa shape index (κ2) is 3.44. The number of rotatable bonds is 0. The molecule has 2 rings (SSSR count). The maximum absolute atomic E-state index is 9.52. The van der Waals surface area contributed by atoms with Gasteiger partial charge in [-0.05, 0) is 17.5 Å². The molecule has 0 fully saturated rings. The van der Waals surface area contributed by atoms with Crippen molar-refractivity contribution in [3.05, 3.63) is 35.4 Å². The van der Waals surface area contributed by atoms with Gasteiger partial charge in [-0.2, -0.15) is 0 Å². The number of benzene rings is 1. The highest BCUT2D eigenvalue weighted by Crippen LogP contribution is 2.29. The lowest BCUT2D eigenvalue weighted by Crippen LogP contribution is -2.24. The summed E-state index contributed by atoms with van der Waals surface area (Å²) in [6.07, 6.45) is 0.350. The summed E-state index contributed by atoms with van der Waals surface area (Å²) in [6, 6.07) is 7.76. The fraction of sp³-hybridized carbons (Fsp3) is 0.333. The quantitative estimate of drug-likeness (QED) is 0.634. The zero-order valence-corrected chi connectivity index (χ0v) is 7.42. The number of aliphatic hydroxyl groups is 1. The van der Waals surface area contributed by atoms with E-state index in [1.54, 1.807) is 0 Å². The maximum Gasteiger partial charge on any atom is 0.0946 e. The molecule has 1 aliphatic rings. The largest absolute Gasteiger partial charge is 0.387 e. The Hall–Kier alpha value is -0.570. The van der Waals surface area contributed by atoms with Gasteiger partial charge in [-0.3, -0.25) is 0 Å². The molecule has 0 aliphatic heterocycles. The average Bonchev–Trinajstić information content (AvgIpc) is 2.30. The second-order valence-corrected chi connectivity index (χ2v) is 3.01. The van der Waals surface area contributed by atoms with E-state index in [0.29, 0.717) is 0 Å². The molecule has 0 heterocycles. The summed E-state index contributed by atoms with van der Waals surface area (Å²) in [4.78, 5) is 0. The van der Waals surface area contributed by atoms with Crippen molar-refractivity contribution in [2.45, 2.75) is 18.6 Å². The van der Waals surface area contributed by atoms with Crippen molar-refractivity contribution < 1.29 is 5.11 Å². The van der Waals surface area contributed by atoms with Crippen molar-refractivity contribution >= 4 is 12.4 Å². The third-order valence-electron chi connectivity index (χ3n) is 2.23. The fourth-order valence-corrected chi connectivity index (χ4v) is 1.60. The van der Waals surface area contributed by atoms with Gasteiger partial charge < -0.3 is 10.8 Å². The van der Waals surface area contributed by atoms with Gasteiger partial charge in [-0.25, -0.2) is 0 Å². The molecular formula is C9H12ClNO. The predicted molar refractivity (Wildman–Crippen MR) is 50.3 cm³/mol. The molecule has 0 radical (unpaired) electrons. The average molecular weight is 186 g/mol. The van der Waals surface area contributed by atoms with E-state index in [9.17, 15) is 5.11 Å². The molecule has 0 unspecified atom stereocenters. The highest BCUT2D eigenvalue weighted by molar-refractivity contribution is 5.85. The van der Waals surface area contributed by atoms with Crippen LogP contribution in [0.5, 0.6) is 0 Å². The Labute approximate surface area is 77.8 Å². The van der Waals surface area contributed by atoms with Crippen molar-refractivity contribution in [1.82, 2.24) is 0 Å². The topological polar surface area (TPSA) is 46.2 Å². The van der Waals surface area contributed by atoms with E-state index in [0.717, 1.165) is 12.0 Å². The molecule has 0 aromatic heterocycles. The molecule has 0 saturated heterocycles. The third-order valence-corrected chi connectivity index (χ3v) is 2.23. The lowest BCUT2D eigenvalue weighted by atomic mass is 10.1. The zero-order chi connectivity index (χ0) is 7.84. The lowest BCUT2D eigenvalue weighted by Gasteiger charge is -2.07. The van der Waals surface area contributed by atoms with E-state index >= 15 is 0 Å². The minimum absolute atomic E-state index is 0. The van der Waals surface area contributed by atoms with Crippen molar-refractivity contribution in [3.63, 3.8) is 0 Å². The van der Waals surface area contributed by atoms with Crippen LogP contribution in [0.4, 0.5) is 0 Å². The standard InChI is InChI=1S/C9H11NO.ClH/c10-8-5-6-3-1-2-4-7(6)9(8)11;/h1-4,8-9,11H,5,10H2;1H/t8-,9+;/m1./s1. The summed E-state index contributed by atoms with van der Waals surface area (Å²) in [5.41, 5.74) is 7.87. The predicted octanol–water partition coefficient (Wildman–Crippen LogP) is 1.03. The van der Waals surface area contributed by atoms with Gasteiger partial charge in [0.2, 0.25) is 0 Å². The molecule has 3 heteroatoms. The second-order valence-electron chi connectivity index (χ2n) is 3.01. The van der Waals surface area contributed by atoms with E-state index in [1.807, 2.05) is 24.3 Å². The lowest BCUT2D eigenvalue weighted by molar-refractivity contribution is 0.159. The monoisotopic (exact) mass is 185 g/mol. The van der Waals surface area contributed by atoms with E-state index < -0.39 is 6.10 Å². The van der Waals surface area contributed by atoms with Crippen molar-refractivity contribution in [1.29, 1.82) is 0 Å². The Kier molecular flexibility index (Phi) is 2.73. The van der Waals surface area contributed by atoms with Crippen molar-refractivity contribution in [3.8, 4) is 0 Å². The molecule has 0 bridgehead atoms. The SMILES string of the molecule is Cl.N[C@@H]1Cc2ccccc2[C@@H]1O. The Morgan fingerprint density at radius 1 is 1.33 bits per heavy atom. The first kappa shape index (κ1) is 9.52. The first-order chi connectivity index (χ1) is 5.29. The van der Waals surface area contributed by atoms with Crippen LogP contribution in [0.3, 0.4) is 0 Å². The molecule has 2 atom stereocenters. The van der Waals surface area contributed by atoms with E-state index in [2.05, 4.69) is 0 Å². The van der Waals surface area contributed by atoms with Gasteiger partial charge in [0.1, 0.15) is 0 Å². The summed E-state index contributed by atoms with van der Waals surface area (Å²) < 4.78 is 0. The first-order valence-corrected chi connectivity index (χ1v) is 3.80.